The Kier molecular flexibility index (Phi) is 9.90. The lowest BCUT2D eigenvalue weighted by atomic mass is 9.80. The molecule has 0 atom stereocenters. The summed E-state index contributed by atoms with van der Waals surface area (Å²) in [6.45, 7) is 24.6. The second kappa shape index (κ2) is 14.2. The molecule has 0 aliphatic carbocycles. The lowest BCUT2D eigenvalue weighted by Gasteiger charge is -2.28. The van der Waals surface area contributed by atoms with Crippen molar-refractivity contribution in [3.63, 3.8) is 0 Å². The minimum atomic E-state index is -1.54. The standard InChI is InChI=1S/C52H54N2O6/c1-49(2,3)28-19-23-34(51(7,8)9)36(25-28)53-45(55)42-40-32-18-14-16-27-15-13-17-30(38(27)32)31-21-22-33(47(57)58)41(39(31)40)44(48(59)60)43(42)46(56)54-37-26-29(50(4,5)6)20-24-35(37)52(10,11)12/h13-26H,1-12H3,(H,53,55)(H,54,56)(H,57,58)(H,59,60). The molecule has 2 amide bonds. The Labute approximate surface area is 351 Å². The number of carboxylic acids is 2. The van der Waals surface area contributed by atoms with Gasteiger partial charge in [-0.25, -0.2) is 9.59 Å². The number of carbonyl (C=O) groups excluding carboxylic acids is 2. The Morgan fingerprint density at radius 2 is 0.900 bits per heavy atom. The van der Waals surface area contributed by atoms with E-state index in [1.807, 2.05) is 114 Å². The normalized spacial score (nSPS) is 12.7. The van der Waals surface area contributed by atoms with Crippen LogP contribution < -0.4 is 10.6 Å². The first-order valence-corrected chi connectivity index (χ1v) is 20.4. The molecule has 4 N–H and O–H groups in total. The molecular formula is C52H54N2O6. The number of anilines is 2. The number of nitrogens with one attached hydrogen (secondary N) is 2. The van der Waals surface area contributed by atoms with Crippen LogP contribution in [0.5, 0.6) is 0 Å². The van der Waals surface area contributed by atoms with Gasteiger partial charge in [0.25, 0.3) is 11.8 Å². The maximum atomic E-state index is 15.6. The van der Waals surface area contributed by atoms with E-state index in [1.165, 1.54) is 6.07 Å². The monoisotopic (exact) mass is 802 g/mol. The lowest BCUT2D eigenvalue weighted by Crippen LogP contribution is -2.27. The molecule has 8 nitrogen and oxygen atoms in total. The molecule has 7 aromatic rings. The molecule has 0 aromatic heterocycles. The summed E-state index contributed by atoms with van der Waals surface area (Å²) in [5.41, 5.74) is 1.65. The van der Waals surface area contributed by atoms with E-state index >= 15 is 9.59 Å². The van der Waals surface area contributed by atoms with E-state index in [2.05, 4.69) is 52.2 Å². The van der Waals surface area contributed by atoms with E-state index in [0.29, 0.717) is 27.5 Å². The molecule has 0 aliphatic rings. The summed E-state index contributed by atoms with van der Waals surface area (Å²) in [6.07, 6.45) is 0. The number of fused-ring (bicyclic) bond motifs is 2. The average molecular weight is 803 g/mol. The van der Waals surface area contributed by atoms with Crippen LogP contribution in [-0.4, -0.2) is 34.0 Å². The van der Waals surface area contributed by atoms with Crippen molar-refractivity contribution in [3.8, 4) is 0 Å². The fraction of sp³-hybridized carbons (Fsp3) is 0.308. The number of hydrogen-bond acceptors (Lipinski definition) is 4. The molecule has 0 heterocycles. The molecule has 0 saturated carbocycles. The quantitative estimate of drug-likeness (QED) is 0.0977. The van der Waals surface area contributed by atoms with E-state index in [0.717, 1.165) is 38.4 Å². The minimum absolute atomic E-state index is 0.125. The first-order valence-electron chi connectivity index (χ1n) is 20.4. The van der Waals surface area contributed by atoms with Crippen molar-refractivity contribution >= 4 is 78.2 Å². The van der Waals surface area contributed by atoms with Crippen LogP contribution in [0.4, 0.5) is 11.4 Å². The number of amides is 2. The van der Waals surface area contributed by atoms with Crippen LogP contribution in [0.15, 0.2) is 84.9 Å². The maximum Gasteiger partial charge on any atom is 0.337 e. The summed E-state index contributed by atoms with van der Waals surface area (Å²) < 4.78 is 0. The predicted octanol–water partition coefficient (Wildman–Crippen LogP) is 12.8. The molecule has 0 bridgehead atoms. The molecule has 60 heavy (non-hydrogen) atoms. The van der Waals surface area contributed by atoms with Crippen molar-refractivity contribution in [1.29, 1.82) is 0 Å². The van der Waals surface area contributed by atoms with Gasteiger partial charge in [0.1, 0.15) is 0 Å². The number of carboxylic acid groups (broad SMARTS) is 2. The topological polar surface area (TPSA) is 133 Å². The highest BCUT2D eigenvalue weighted by atomic mass is 16.4. The third kappa shape index (κ3) is 7.12. The van der Waals surface area contributed by atoms with E-state index in [4.69, 9.17) is 0 Å². The van der Waals surface area contributed by atoms with Gasteiger partial charge in [-0.2, -0.15) is 0 Å². The molecule has 7 aromatic carbocycles. The van der Waals surface area contributed by atoms with E-state index in [-0.39, 0.29) is 32.7 Å². The van der Waals surface area contributed by atoms with Crippen LogP contribution in [0, 0.1) is 0 Å². The van der Waals surface area contributed by atoms with Gasteiger partial charge in [0, 0.05) is 22.1 Å². The number of benzene rings is 7. The zero-order valence-corrected chi connectivity index (χ0v) is 36.6. The second-order valence-electron chi connectivity index (χ2n) is 20.2. The highest BCUT2D eigenvalue weighted by molar-refractivity contribution is 6.41. The lowest BCUT2D eigenvalue weighted by molar-refractivity contribution is 0.0693. The Bertz CT molecular complexity index is 2940. The third-order valence-corrected chi connectivity index (χ3v) is 11.7. The number of rotatable bonds is 6. The van der Waals surface area contributed by atoms with Gasteiger partial charge < -0.3 is 20.8 Å². The summed E-state index contributed by atoms with van der Waals surface area (Å²) in [5, 5.41) is 32.3. The fourth-order valence-corrected chi connectivity index (χ4v) is 8.64. The van der Waals surface area contributed by atoms with Crippen LogP contribution in [0.1, 0.15) is 147 Å². The Hall–Kier alpha value is -6.28. The molecule has 308 valence electrons. The fourth-order valence-electron chi connectivity index (χ4n) is 8.64. The predicted molar refractivity (Wildman–Crippen MR) is 245 cm³/mol. The Morgan fingerprint density at radius 1 is 0.433 bits per heavy atom. The Balaban J connectivity index is 1.67. The van der Waals surface area contributed by atoms with Crippen LogP contribution >= 0.6 is 0 Å². The van der Waals surface area contributed by atoms with Crippen molar-refractivity contribution in [1.82, 2.24) is 0 Å². The highest BCUT2D eigenvalue weighted by Crippen LogP contribution is 2.47. The van der Waals surface area contributed by atoms with Gasteiger partial charge in [-0.05, 0) is 94.4 Å². The van der Waals surface area contributed by atoms with Crippen LogP contribution in [0.3, 0.4) is 0 Å². The van der Waals surface area contributed by atoms with Gasteiger partial charge in [0.2, 0.25) is 0 Å². The number of carbonyl (C=O) groups is 4. The average Bonchev–Trinajstić information content (AvgIpc) is 3.14. The summed E-state index contributed by atoms with van der Waals surface area (Å²) in [6, 6.07) is 26.4. The molecular weight excluding hydrogens is 749 g/mol. The molecule has 0 aliphatic heterocycles. The van der Waals surface area contributed by atoms with Crippen LogP contribution in [-0.2, 0) is 21.7 Å². The SMILES string of the molecule is CC(C)(C)c1ccc(C(C)(C)C)c(NC(=O)c2c(C(=O)O)c3c(C(=O)O)ccc4c5cccc6cccc(c(c2C(=O)Nc2cc(C(C)(C)C)ccc2C(C)(C)C)c34)c65)c1. The van der Waals surface area contributed by atoms with Gasteiger partial charge in [0.05, 0.1) is 22.3 Å². The Morgan fingerprint density at radius 3 is 1.35 bits per heavy atom. The van der Waals surface area contributed by atoms with Crippen molar-refractivity contribution in [2.24, 2.45) is 0 Å². The highest BCUT2D eigenvalue weighted by Gasteiger charge is 2.36. The number of aromatic carboxylic acids is 2. The summed E-state index contributed by atoms with van der Waals surface area (Å²) in [7, 11) is 0. The van der Waals surface area contributed by atoms with Gasteiger partial charge in [-0.3, -0.25) is 9.59 Å². The largest absolute Gasteiger partial charge is 0.478 e. The van der Waals surface area contributed by atoms with Crippen molar-refractivity contribution < 1.29 is 29.4 Å². The molecule has 0 spiro atoms. The zero-order chi connectivity index (χ0) is 44.0. The first-order chi connectivity index (χ1) is 27.8. The summed E-state index contributed by atoms with van der Waals surface area (Å²) in [5.74, 6) is -4.45. The maximum absolute atomic E-state index is 15.6. The van der Waals surface area contributed by atoms with Gasteiger partial charge in [-0.1, -0.05) is 150 Å². The van der Waals surface area contributed by atoms with Crippen molar-refractivity contribution in [3.05, 3.63) is 129 Å². The number of hydrogen-bond donors (Lipinski definition) is 4. The van der Waals surface area contributed by atoms with Crippen LogP contribution in [0.25, 0.3) is 43.1 Å². The van der Waals surface area contributed by atoms with E-state index < -0.39 is 45.7 Å². The molecule has 0 fully saturated rings. The molecule has 8 heteroatoms. The molecule has 0 saturated heterocycles. The van der Waals surface area contributed by atoms with Crippen molar-refractivity contribution in [2.45, 2.75) is 105 Å². The molecule has 0 radical (unpaired) electrons. The first kappa shape index (κ1) is 41.9. The van der Waals surface area contributed by atoms with Gasteiger partial charge in [0.15, 0.2) is 0 Å². The summed E-state index contributed by atoms with van der Waals surface area (Å²) >= 11 is 0. The smallest absolute Gasteiger partial charge is 0.337 e. The molecule has 7 rings (SSSR count). The third-order valence-electron chi connectivity index (χ3n) is 11.7. The van der Waals surface area contributed by atoms with Gasteiger partial charge in [-0.15, -0.1) is 0 Å². The van der Waals surface area contributed by atoms with E-state index in [9.17, 15) is 19.8 Å². The zero-order valence-electron chi connectivity index (χ0n) is 36.6. The summed E-state index contributed by atoms with van der Waals surface area (Å²) in [4.78, 5) is 58.1. The van der Waals surface area contributed by atoms with Crippen molar-refractivity contribution in [2.75, 3.05) is 10.6 Å². The van der Waals surface area contributed by atoms with Crippen LogP contribution in [0.2, 0.25) is 0 Å². The van der Waals surface area contributed by atoms with E-state index in [1.54, 1.807) is 6.07 Å². The minimum Gasteiger partial charge on any atom is -0.478 e. The van der Waals surface area contributed by atoms with Gasteiger partial charge >= 0.3 is 11.9 Å². The molecule has 0 unspecified atom stereocenters. The second-order valence-corrected chi connectivity index (χ2v) is 20.2.